The predicted molar refractivity (Wildman–Crippen MR) is 64.0 cm³/mol. The summed E-state index contributed by atoms with van der Waals surface area (Å²) >= 11 is 0. The maximum atomic E-state index is 12.0. The van der Waals surface area contributed by atoms with E-state index in [9.17, 15) is 9.59 Å². The van der Waals surface area contributed by atoms with Gasteiger partial charge in [0.05, 0.1) is 25.2 Å². The monoisotopic (exact) mass is 256 g/mol. The van der Waals surface area contributed by atoms with E-state index in [1.807, 2.05) is 0 Å². The Hall–Kier alpha value is -0.980. The summed E-state index contributed by atoms with van der Waals surface area (Å²) in [5.41, 5.74) is 0. The zero-order chi connectivity index (χ0) is 13.1. The number of nitrogens with zero attached hydrogens (tertiary/aromatic N) is 1. The molecule has 0 spiro atoms. The van der Waals surface area contributed by atoms with Crippen molar-refractivity contribution in [1.82, 2.24) is 10.2 Å². The number of hydrogen-bond donors (Lipinski definition) is 1. The zero-order valence-electron chi connectivity index (χ0n) is 10.8. The molecule has 18 heavy (non-hydrogen) atoms. The van der Waals surface area contributed by atoms with Crippen LogP contribution in [-0.4, -0.2) is 62.3 Å². The number of likely N-dealkylation sites (tertiary alicyclic amines) is 1. The van der Waals surface area contributed by atoms with E-state index in [0.717, 1.165) is 12.8 Å². The summed E-state index contributed by atoms with van der Waals surface area (Å²) in [7, 11) is 3.20. The number of hydrogen-bond acceptors (Lipinski definition) is 5. The standard InChI is InChI=1S/C12H20N2O4/c1-17-7-9(18-2)6-13-10-5-11(15)14(12(10)16)8-3-4-8/h8-10,13H,3-7H2,1-2H3. The van der Waals surface area contributed by atoms with Crippen molar-refractivity contribution in [2.45, 2.75) is 37.5 Å². The summed E-state index contributed by atoms with van der Waals surface area (Å²) < 4.78 is 10.2. The third-order valence-electron chi connectivity index (χ3n) is 3.37. The third kappa shape index (κ3) is 2.88. The lowest BCUT2D eigenvalue weighted by Gasteiger charge is -2.18. The molecule has 1 heterocycles. The van der Waals surface area contributed by atoms with Crippen molar-refractivity contribution in [3.05, 3.63) is 0 Å². The first-order valence-electron chi connectivity index (χ1n) is 6.28. The minimum atomic E-state index is -0.396. The topological polar surface area (TPSA) is 67.9 Å². The van der Waals surface area contributed by atoms with Crippen molar-refractivity contribution < 1.29 is 19.1 Å². The minimum Gasteiger partial charge on any atom is -0.382 e. The molecule has 0 aromatic carbocycles. The van der Waals surface area contributed by atoms with Crippen molar-refractivity contribution in [2.75, 3.05) is 27.4 Å². The fraction of sp³-hybridized carbons (Fsp3) is 0.833. The van der Waals surface area contributed by atoms with Crippen LogP contribution >= 0.6 is 0 Å². The zero-order valence-corrected chi connectivity index (χ0v) is 10.8. The van der Waals surface area contributed by atoms with E-state index < -0.39 is 6.04 Å². The van der Waals surface area contributed by atoms with Gasteiger partial charge in [-0.2, -0.15) is 0 Å². The van der Waals surface area contributed by atoms with Gasteiger partial charge in [-0.15, -0.1) is 0 Å². The second kappa shape index (κ2) is 5.77. The number of imide groups is 1. The molecule has 2 amide bonds. The number of methoxy groups -OCH3 is 2. The second-order valence-electron chi connectivity index (χ2n) is 4.81. The van der Waals surface area contributed by atoms with Crippen LogP contribution in [-0.2, 0) is 19.1 Å². The summed E-state index contributed by atoms with van der Waals surface area (Å²) in [5.74, 6) is -0.143. The van der Waals surface area contributed by atoms with E-state index in [4.69, 9.17) is 9.47 Å². The number of amides is 2. The smallest absolute Gasteiger partial charge is 0.247 e. The molecule has 2 fully saturated rings. The Labute approximate surface area is 107 Å². The molecule has 2 atom stereocenters. The number of rotatable bonds is 7. The molecule has 0 aromatic rings. The van der Waals surface area contributed by atoms with Gasteiger partial charge in [0.1, 0.15) is 0 Å². The summed E-state index contributed by atoms with van der Waals surface area (Å²) in [6, 6.07) is -0.235. The van der Waals surface area contributed by atoms with Crippen LogP contribution < -0.4 is 5.32 Å². The lowest BCUT2D eigenvalue weighted by molar-refractivity contribution is -0.139. The fourth-order valence-electron chi connectivity index (χ4n) is 2.20. The summed E-state index contributed by atoms with van der Waals surface area (Å²) in [6.45, 7) is 0.969. The van der Waals surface area contributed by atoms with Crippen LogP contribution in [0.3, 0.4) is 0 Å². The van der Waals surface area contributed by atoms with Gasteiger partial charge in [-0.25, -0.2) is 0 Å². The van der Waals surface area contributed by atoms with Crippen molar-refractivity contribution in [3.63, 3.8) is 0 Å². The van der Waals surface area contributed by atoms with Crippen LogP contribution in [0.25, 0.3) is 0 Å². The Bertz CT molecular complexity index is 330. The number of ether oxygens (including phenoxy) is 2. The van der Waals surface area contributed by atoms with Crippen LogP contribution in [0.1, 0.15) is 19.3 Å². The van der Waals surface area contributed by atoms with E-state index in [1.165, 1.54) is 4.90 Å². The third-order valence-corrected chi connectivity index (χ3v) is 3.37. The molecule has 2 aliphatic rings. The lowest BCUT2D eigenvalue weighted by Crippen LogP contribution is -2.43. The SMILES string of the molecule is COCC(CNC1CC(=O)N(C2CC2)C1=O)OC. The van der Waals surface area contributed by atoms with Gasteiger partial charge in [-0.1, -0.05) is 0 Å². The summed E-state index contributed by atoms with van der Waals surface area (Å²) in [5, 5.41) is 3.09. The van der Waals surface area contributed by atoms with E-state index in [1.54, 1.807) is 14.2 Å². The van der Waals surface area contributed by atoms with Crippen molar-refractivity contribution >= 4 is 11.8 Å². The molecule has 0 bridgehead atoms. The molecule has 102 valence electrons. The van der Waals surface area contributed by atoms with Crippen molar-refractivity contribution in [1.29, 1.82) is 0 Å². The molecular formula is C12H20N2O4. The first kappa shape index (κ1) is 13.5. The van der Waals surface area contributed by atoms with Crippen molar-refractivity contribution in [2.24, 2.45) is 0 Å². The van der Waals surface area contributed by atoms with E-state index in [-0.39, 0.29) is 30.4 Å². The number of nitrogens with one attached hydrogen (secondary N) is 1. The van der Waals surface area contributed by atoms with Crippen molar-refractivity contribution in [3.8, 4) is 0 Å². The molecule has 1 N–H and O–H groups in total. The molecule has 0 radical (unpaired) electrons. The first-order chi connectivity index (χ1) is 8.67. The molecule has 1 saturated carbocycles. The van der Waals surface area contributed by atoms with Gasteiger partial charge in [0.25, 0.3) is 0 Å². The molecule has 1 aliphatic heterocycles. The maximum absolute atomic E-state index is 12.0. The van der Waals surface area contributed by atoms with Gasteiger partial charge in [-0.3, -0.25) is 14.5 Å². The van der Waals surface area contributed by atoms with Gasteiger partial charge in [0.2, 0.25) is 11.8 Å². The number of carbonyl (C=O) groups excluding carboxylic acids is 2. The highest BCUT2D eigenvalue weighted by atomic mass is 16.5. The fourth-order valence-corrected chi connectivity index (χ4v) is 2.20. The molecule has 2 rings (SSSR count). The van der Waals surface area contributed by atoms with Crippen LogP contribution in [0.4, 0.5) is 0 Å². The Morgan fingerprint density at radius 1 is 1.39 bits per heavy atom. The van der Waals surface area contributed by atoms with Crippen LogP contribution in [0.2, 0.25) is 0 Å². The predicted octanol–water partition coefficient (Wildman–Crippen LogP) is -0.473. The van der Waals surface area contributed by atoms with Gasteiger partial charge < -0.3 is 14.8 Å². The van der Waals surface area contributed by atoms with Crippen LogP contribution in [0, 0.1) is 0 Å². The summed E-state index contributed by atoms with van der Waals surface area (Å²) in [4.78, 5) is 25.2. The molecule has 2 unspecified atom stereocenters. The Morgan fingerprint density at radius 3 is 2.67 bits per heavy atom. The van der Waals surface area contributed by atoms with Gasteiger partial charge in [0.15, 0.2) is 0 Å². The minimum absolute atomic E-state index is 0.0549. The Morgan fingerprint density at radius 2 is 2.11 bits per heavy atom. The Kier molecular flexibility index (Phi) is 4.31. The lowest BCUT2D eigenvalue weighted by atomic mass is 10.2. The van der Waals surface area contributed by atoms with E-state index in [2.05, 4.69) is 5.32 Å². The van der Waals surface area contributed by atoms with Crippen LogP contribution in [0.15, 0.2) is 0 Å². The van der Waals surface area contributed by atoms with Crippen LogP contribution in [0.5, 0.6) is 0 Å². The normalized spacial score (nSPS) is 25.9. The molecule has 1 aliphatic carbocycles. The van der Waals surface area contributed by atoms with Gasteiger partial charge in [0, 0.05) is 26.8 Å². The van der Waals surface area contributed by atoms with E-state index >= 15 is 0 Å². The largest absolute Gasteiger partial charge is 0.382 e. The maximum Gasteiger partial charge on any atom is 0.247 e. The van der Waals surface area contributed by atoms with E-state index in [0.29, 0.717) is 13.2 Å². The second-order valence-corrected chi connectivity index (χ2v) is 4.81. The average Bonchev–Trinajstić information content (AvgIpc) is 3.13. The first-order valence-corrected chi connectivity index (χ1v) is 6.28. The molecular weight excluding hydrogens is 236 g/mol. The molecule has 6 heteroatoms. The number of carbonyl (C=O) groups is 2. The molecule has 0 aromatic heterocycles. The highest BCUT2D eigenvalue weighted by molar-refractivity contribution is 6.06. The molecule has 6 nitrogen and oxygen atoms in total. The highest BCUT2D eigenvalue weighted by Crippen LogP contribution is 2.31. The van der Waals surface area contributed by atoms with Gasteiger partial charge in [-0.05, 0) is 12.8 Å². The Balaban J connectivity index is 1.83. The average molecular weight is 256 g/mol. The molecule has 1 saturated heterocycles. The van der Waals surface area contributed by atoms with Gasteiger partial charge >= 0.3 is 0 Å². The quantitative estimate of drug-likeness (QED) is 0.624. The highest BCUT2D eigenvalue weighted by Gasteiger charge is 2.45. The summed E-state index contributed by atoms with van der Waals surface area (Å²) in [6.07, 6.45) is 2.06.